The number of hydrogen-bond acceptors (Lipinski definition) is 9. The van der Waals surface area contributed by atoms with E-state index in [0.29, 0.717) is 30.6 Å². The molecule has 2 unspecified atom stereocenters. The summed E-state index contributed by atoms with van der Waals surface area (Å²) >= 11 is 6.68. The van der Waals surface area contributed by atoms with Crippen molar-refractivity contribution in [3.05, 3.63) is 82.0 Å². The molecule has 5 aliphatic heterocycles. The highest BCUT2D eigenvalue weighted by atomic mass is 35.5. The van der Waals surface area contributed by atoms with Gasteiger partial charge in [0.1, 0.15) is 11.9 Å². The number of pyridine rings is 1. The average molecular weight is 682 g/mol. The number of carbonyl (C=O) groups is 5. The Morgan fingerprint density at radius 3 is 2.55 bits per heavy atom. The number of fused-ring (bicyclic) bond motifs is 2. The zero-order chi connectivity index (χ0) is 34.0. The van der Waals surface area contributed by atoms with Gasteiger partial charge in [-0.05, 0) is 54.8 Å². The van der Waals surface area contributed by atoms with E-state index in [4.69, 9.17) is 11.6 Å². The quantitative estimate of drug-likeness (QED) is 0.361. The molecule has 13 heteroatoms. The first-order valence-corrected chi connectivity index (χ1v) is 17.2. The first-order chi connectivity index (χ1) is 23.7. The van der Waals surface area contributed by atoms with Gasteiger partial charge < -0.3 is 15.1 Å². The third-order valence-corrected chi connectivity index (χ3v) is 11.1. The summed E-state index contributed by atoms with van der Waals surface area (Å²) in [6, 6.07) is 14.3. The standard InChI is InChI=1S/C36H36ClN7O5/c1-2-36(20-39-32-31(36)27(37)10-11-38-32)22-4-3-5-24(14-22)43-13-12-41(19-30(43)46)16-21-17-42(18-21)23-6-7-25-26(15-23)35(49)44(34(25)48)28-8-9-29(45)40-33(28)47/h3-7,10-11,14-15,21,28H,2,8-9,12-13,16-20H2,1H3,(H,38,39)(H,40,45,47). The molecule has 2 aromatic carbocycles. The number of rotatable bonds is 7. The van der Waals surface area contributed by atoms with Gasteiger partial charge in [-0.2, -0.15) is 0 Å². The van der Waals surface area contributed by atoms with Crippen molar-refractivity contribution in [2.45, 2.75) is 37.6 Å². The zero-order valence-corrected chi connectivity index (χ0v) is 27.8. The Hall–Kier alpha value is -4.81. The minimum Gasteiger partial charge on any atom is -0.371 e. The van der Waals surface area contributed by atoms with Gasteiger partial charge >= 0.3 is 0 Å². The lowest BCUT2D eigenvalue weighted by molar-refractivity contribution is -0.136. The highest BCUT2D eigenvalue weighted by molar-refractivity contribution is 6.32. The molecule has 0 radical (unpaired) electrons. The second kappa shape index (κ2) is 12.0. The first-order valence-electron chi connectivity index (χ1n) is 16.8. The van der Waals surface area contributed by atoms with Crippen LogP contribution >= 0.6 is 11.6 Å². The molecule has 3 aromatic rings. The van der Waals surface area contributed by atoms with E-state index in [9.17, 15) is 24.0 Å². The molecule has 5 aliphatic rings. The summed E-state index contributed by atoms with van der Waals surface area (Å²) < 4.78 is 0. The van der Waals surface area contributed by atoms with Gasteiger partial charge in [-0.15, -0.1) is 0 Å². The van der Waals surface area contributed by atoms with E-state index in [1.807, 2.05) is 29.2 Å². The molecule has 49 heavy (non-hydrogen) atoms. The molecule has 0 spiro atoms. The van der Waals surface area contributed by atoms with Crippen LogP contribution in [0.4, 0.5) is 17.2 Å². The van der Waals surface area contributed by atoms with Crippen LogP contribution in [0.25, 0.3) is 0 Å². The number of aromatic nitrogens is 1. The van der Waals surface area contributed by atoms with Gasteiger partial charge in [-0.3, -0.25) is 39.1 Å². The summed E-state index contributed by atoms with van der Waals surface area (Å²) in [6.45, 7) is 6.86. The number of amides is 5. The lowest BCUT2D eigenvalue weighted by Crippen LogP contribution is -2.56. The van der Waals surface area contributed by atoms with Crippen LogP contribution in [-0.4, -0.2) is 96.2 Å². The summed E-state index contributed by atoms with van der Waals surface area (Å²) in [5.74, 6) is -0.804. The van der Waals surface area contributed by atoms with Gasteiger partial charge in [0.25, 0.3) is 11.8 Å². The third kappa shape index (κ3) is 5.16. The first kappa shape index (κ1) is 31.5. The fourth-order valence-corrected chi connectivity index (χ4v) is 8.47. The Labute approximate surface area is 288 Å². The van der Waals surface area contributed by atoms with Crippen molar-refractivity contribution in [3.8, 4) is 0 Å². The Morgan fingerprint density at radius 1 is 0.959 bits per heavy atom. The van der Waals surface area contributed by atoms with Crippen LogP contribution in [-0.2, 0) is 19.8 Å². The SMILES string of the molecule is CCC1(c2cccc(N3CCN(CC4CN(c5ccc6c(c5)C(=O)N(C5CCC(=O)NC5=O)C6=O)C4)CC3=O)c2)CNc2nccc(Cl)c21. The van der Waals surface area contributed by atoms with Crippen molar-refractivity contribution >= 4 is 58.3 Å². The summed E-state index contributed by atoms with van der Waals surface area (Å²) in [6.07, 6.45) is 2.76. The van der Waals surface area contributed by atoms with Gasteiger partial charge in [0.05, 0.1) is 17.7 Å². The minimum atomic E-state index is -0.985. The Kier molecular flexibility index (Phi) is 7.68. The normalized spacial score (nSPS) is 24.2. The van der Waals surface area contributed by atoms with E-state index in [1.54, 1.807) is 18.3 Å². The molecule has 3 fully saturated rings. The van der Waals surface area contributed by atoms with Crippen molar-refractivity contribution < 1.29 is 24.0 Å². The van der Waals surface area contributed by atoms with Crippen LogP contribution in [0.5, 0.6) is 0 Å². The predicted octanol–water partition coefficient (Wildman–Crippen LogP) is 3.04. The van der Waals surface area contributed by atoms with E-state index in [0.717, 1.165) is 65.8 Å². The van der Waals surface area contributed by atoms with Crippen LogP contribution in [0, 0.1) is 5.92 Å². The molecule has 1 aromatic heterocycles. The molecule has 2 N–H and O–H groups in total. The van der Waals surface area contributed by atoms with Gasteiger partial charge in [-0.25, -0.2) is 4.98 Å². The Bertz CT molecular complexity index is 1930. The second-order valence-corrected chi connectivity index (χ2v) is 14.0. The van der Waals surface area contributed by atoms with E-state index in [2.05, 4.69) is 44.5 Å². The average Bonchev–Trinajstić information content (AvgIpc) is 3.59. The molecule has 0 aliphatic carbocycles. The third-order valence-electron chi connectivity index (χ3n) is 10.8. The molecule has 0 bridgehead atoms. The number of anilines is 3. The molecule has 5 amide bonds. The highest BCUT2D eigenvalue weighted by Gasteiger charge is 2.45. The van der Waals surface area contributed by atoms with Crippen LogP contribution in [0.1, 0.15) is 58.0 Å². The molecule has 3 saturated heterocycles. The molecule has 252 valence electrons. The molecule has 12 nitrogen and oxygen atoms in total. The van der Waals surface area contributed by atoms with Gasteiger partial charge in [0.15, 0.2) is 0 Å². The van der Waals surface area contributed by atoms with E-state index in [-0.39, 0.29) is 35.3 Å². The number of imide groups is 2. The van der Waals surface area contributed by atoms with Crippen molar-refractivity contribution in [3.63, 3.8) is 0 Å². The number of piperidine rings is 1. The highest BCUT2D eigenvalue weighted by Crippen LogP contribution is 2.47. The predicted molar refractivity (Wildman–Crippen MR) is 183 cm³/mol. The lowest BCUT2D eigenvalue weighted by atomic mass is 9.74. The van der Waals surface area contributed by atoms with E-state index < -0.39 is 29.7 Å². The second-order valence-electron chi connectivity index (χ2n) is 13.6. The summed E-state index contributed by atoms with van der Waals surface area (Å²) in [5.41, 5.74) is 4.07. The van der Waals surface area contributed by atoms with E-state index in [1.165, 1.54) is 0 Å². The monoisotopic (exact) mass is 681 g/mol. The van der Waals surface area contributed by atoms with Crippen LogP contribution < -0.4 is 20.4 Å². The van der Waals surface area contributed by atoms with Crippen LogP contribution in [0.2, 0.25) is 5.02 Å². The number of hydrogen-bond donors (Lipinski definition) is 2. The lowest BCUT2D eigenvalue weighted by Gasteiger charge is -2.44. The molecule has 0 saturated carbocycles. The smallest absolute Gasteiger partial charge is 0.262 e. The maximum absolute atomic E-state index is 13.5. The fourth-order valence-electron chi connectivity index (χ4n) is 8.14. The number of benzene rings is 2. The summed E-state index contributed by atoms with van der Waals surface area (Å²) in [4.78, 5) is 75.5. The van der Waals surface area contributed by atoms with Crippen molar-refractivity contribution in [2.24, 2.45) is 5.92 Å². The van der Waals surface area contributed by atoms with Gasteiger partial charge in [0.2, 0.25) is 17.7 Å². The molecule has 2 atom stereocenters. The van der Waals surface area contributed by atoms with Crippen LogP contribution in [0.15, 0.2) is 54.7 Å². The summed E-state index contributed by atoms with van der Waals surface area (Å²) in [5, 5.41) is 6.35. The summed E-state index contributed by atoms with van der Waals surface area (Å²) in [7, 11) is 0. The molecular weight excluding hydrogens is 646 g/mol. The zero-order valence-electron chi connectivity index (χ0n) is 27.1. The largest absolute Gasteiger partial charge is 0.371 e. The van der Waals surface area contributed by atoms with Gasteiger partial charge in [0, 0.05) is 85.2 Å². The van der Waals surface area contributed by atoms with Gasteiger partial charge in [-0.1, -0.05) is 30.7 Å². The maximum Gasteiger partial charge on any atom is 0.262 e. The maximum atomic E-state index is 13.5. The Balaban J connectivity index is 0.885. The number of halogens is 1. The molecular formula is C36H36ClN7O5. The Morgan fingerprint density at radius 2 is 1.78 bits per heavy atom. The number of nitrogens with one attached hydrogen (secondary N) is 2. The molecule has 6 heterocycles. The van der Waals surface area contributed by atoms with Crippen molar-refractivity contribution in [2.75, 3.05) is 60.9 Å². The fraction of sp³-hybridized carbons (Fsp3) is 0.389. The minimum absolute atomic E-state index is 0.0668. The number of carbonyl (C=O) groups excluding carboxylic acids is 5. The van der Waals surface area contributed by atoms with E-state index >= 15 is 0 Å². The molecule has 8 rings (SSSR count). The number of piperazine rings is 1. The topological polar surface area (TPSA) is 135 Å². The number of nitrogens with zero attached hydrogens (tertiary/aromatic N) is 5. The van der Waals surface area contributed by atoms with Crippen LogP contribution in [0.3, 0.4) is 0 Å². The van der Waals surface area contributed by atoms with Crippen molar-refractivity contribution in [1.82, 2.24) is 20.1 Å². The van der Waals surface area contributed by atoms with Crippen molar-refractivity contribution in [1.29, 1.82) is 0 Å².